The molecule has 1 unspecified atom stereocenters. The van der Waals surface area contributed by atoms with Gasteiger partial charge in [-0.25, -0.2) is 0 Å². The second-order valence-corrected chi connectivity index (χ2v) is 2.50. The first kappa shape index (κ1) is 8.61. The van der Waals surface area contributed by atoms with Crippen LogP contribution in [-0.4, -0.2) is 9.91 Å². The Morgan fingerprint density at radius 1 is 1.67 bits per heavy atom. The summed E-state index contributed by atoms with van der Waals surface area (Å²) in [5.74, 6) is -0.153. The van der Waals surface area contributed by atoms with Crippen molar-refractivity contribution in [1.82, 2.24) is 4.98 Å². The molecule has 0 spiro atoms. The molecule has 0 saturated heterocycles. The van der Waals surface area contributed by atoms with E-state index in [0.717, 1.165) is 5.56 Å². The van der Waals surface area contributed by atoms with Gasteiger partial charge in [-0.3, -0.25) is 0 Å². The number of nitrogens with two attached hydrogens (primary N) is 1. The van der Waals surface area contributed by atoms with E-state index in [4.69, 9.17) is 5.73 Å². The lowest BCUT2D eigenvalue weighted by Crippen LogP contribution is -2.05. The lowest BCUT2D eigenvalue weighted by atomic mass is 10.2. The Hall–Kier alpha value is -1.49. The van der Waals surface area contributed by atoms with Gasteiger partial charge in [0.2, 0.25) is 0 Å². The van der Waals surface area contributed by atoms with Crippen molar-refractivity contribution in [3.05, 3.63) is 34.0 Å². The van der Waals surface area contributed by atoms with Crippen molar-refractivity contribution in [2.45, 2.75) is 13.0 Å². The molecule has 0 aliphatic heterocycles. The summed E-state index contributed by atoms with van der Waals surface area (Å²) in [6.07, 6.45) is 1.42. The van der Waals surface area contributed by atoms with Crippen LogP contribution in [0.3, 0.4) is 0 Å². The van der Waals surface area contributed by atoms with E-state index in [-0.39, 0.29) is 11.9 Å². The van der Waals surface area contributed by atoms with Gasteiger partial charge in [0.05, 0.1) is 0 Å². The standard InChI is InChI=1S/C7H9N3O2/c1-5(8)6-2-3-7(9-4-6)10(11)12/h2-5H,8H2,1H3. The van der Waals surface area contributed by atoms with E-state index < -0.39 is 4.92 Å². The highest BCUT2D eigenvalue weighted by atomic mass is 16.6. The average molecular weight is 167 g/mol. The Morgan fingerprint density at radius 3 is 2.67 bits per heavy atom. The summed E-state index contributed by atoms with van der Waals surface area (Å²) in [6, 6.07) is 2.81. The molecule has 5 heteroatoms. The first-order valence-electron chi connectivity index (χ1n) is 3.47. The lowest BCUT2D eigenvalue weighted by Gasteiger charge is -2.00. The summed E-state index contributed by atoms with van der Waals surface area (Å²) in [6.45, 7) is 1.79. The van der Waals surface area contributed by atoms with Gasteiger partial charge in [0, 0.05) is 17.7 Å². The first-order chi connectivity index (χ1) is 5.61. The third-order valence-electron chi connectivity index (χ3n) is 1.48. The molecule has 1 heterocycles. The smallest absolute Gasteiger partial charge is 0.358 e. The molecule has 1 aromatic heterocycles. The van der Waals surface area contributed by atoms with Gasteiger partial charge in [0.1, 0.15) is 6.20 Å². The number of hydrogen-bond acceptors (Lipinski definition) is 4. The lowest BCUT2D eigenvalue weighted by molar-refractivity contribution is -0.389. The highest BCUT2D eigenvalue weighted by Gasteiger charge is 2.07. The minimum atomic E-state index is -0.537. The third kappa shape index (κ3) is 1.76. The molecular formula is C7H9N3O2. The molecule has 0 amide bonds. The third-order valence-corrected chi connectivity index (χ3v) is 1.48. The number of aromatic nitrogens is 1. The van der Waals surface area contributed by atoms with E-state index in [1.807, 2.05) is 0 Å². The highest BCUT2D eigenvalue weighted by molar-refractivity contribution is 5.24. The Morgan fingerprint density at radius 2 is 2.33 bits per heavy atom. The van der Waals surface area contributed by atoms with E-state index in [0.29, 0.717) is 0 Å². The molecule has 1 rings (SSSR count). The van der Waals surface area contributed by atoms with Crippen molar-refractivity contribution in [1.29, 1.82) is 0 Å². The maximum atomic E-state index is 10.2. The molecule has 1 atom stereocenters. The van der Waals surface area contributed by atoms with E-state index in [1.165, 1.54) is 12.3 Å². The molecule has 0 aliphatic carbocycles. The molecule has 0 bridgehead atoms. The van der Waals surface area contributed by atoms with Crippen molar-refractivity contribution in [3.8, 4) is 0 Å². The fourth-order valence-electron chi connectivity index (χ4n) is 0.775. The summed E-state index contributed by atoms with van der Waals surface area (Å²) in [4.78, 5) is 13.3. The van der Waals surface area contributed by atoms with Crippen LogP contribution in [0.15, 0.2) is 18.3 Å². The minimum absolute atomic E-state index is 0.140. The molecule has 0 aliphatic rings. The predicted octanol–water partition coefficient (Wildman–Crippen LogP) is 1.01. The Kier molecular flexibility index (Phi) is 2.35. The molecule has 0 fully saturated rings. The van der Waals surface area contributed by atoms with Gasteiger partial charge >= 0.3 is 5.82 Å². The number of nitro groups is 1. The van der Waals surface area contributed by atoms with Gasteiger partial charge in [-0.2, -0.15) is 0 Å². The topological polar surface area (TPSA) is 82.0 Å². The fourth-order valence-corrected chi connectivity index (χ4v) is 0.775. The van der Waals surface area contributed by atoms with Crippen LogP contribution in [0.5, 0.6) is 0 Å². The van der Waals surface area contributed by atoms with E-state index in [9.17, 15) is 10.1 Å². The fraction of sp³-hybridized carbons (Fsp3) is 0.286. The molecule has 0 aromatic carbocycles. The van der Waals surface area contributed by atoms with Crippen molar-refractivity contribution < 1.29 is 4.92 Å². The summed E-state index contributed by atoms with van der Waals surface area (Å²) < 4.78 is 0. The molecule has 1 aromatic rings. The summed E-state index contributed by atoms with van der Waals surface area (Å²) in [5.41, 5.74) is 6.32. The minimum Gasteiger partial charge on any atom is -0.358 e. The molecule has 5 nitrogen and oxygen atoms in total. The van der Waals surface area contributed by atoms with Gasteiger partial charge in [0.15, 0.2) is 0 Å². The van der Waals surface area contributed by atoms with Crippen LogP contribution in [0.4, 0.5) is 5.82 Å². The zero-order valence-corrected chi connectivity index (χ0v) is 6.60. The predicted molar refractivity (Wildman–Crippen MR) is 43.5 cm³/mol. The SMILES string of the molecule is CC(N)c1ccc([N+](=O)[O-])nc1. The molecule has 2 N–H and O–H groups in total. The molecular weight excluding hydrogens is 158 g/mol. The molecule has 0 saturated carbocycles. The van der Waals surface area contributed by atoms with E-state index in [1.54, 1.807) is 13.0 Å². The maximum Gasteiger partial charge on any atom is 0.363 e. The number of hydrogen-bond donors (Lipinski definition) is 1. The van der Waals surface area contributed by atoms with Gasteiger partial charge < -0.3 is 15.8 Å². The summed E-state index contributed by atoms with van der Waals surface area (Å²) in [7, 11) is 0. The van der Waals surface area contributed by atoms with Crippen LogP contribution in [-0.2, 0) is 0 Å². The van der Waals surface area contributed by atoms with Gasteiger partial charge in [-0.15, -0.1) is 0 Å². The largest absolute Gasteiger partial charge is 0.363 e. The molecule has 12 heavy (non-hydrogen) atoms. The van der Waals surface area contributed by atoms with Gasteiger partial charge in [0.25, 0.3) is 0 Å². The Bertz CT molecular complexity index is 281. The zero-order valence-electron chi connectivity index (χ0n) is 6.60. The number of nitrogens with zero attached hydrogens (tertiary/aromatic N) is 2. The van der Waals surface area contributed by atoms with Crippen LogP contribution in [0.2, 0.25) is 0 Å². The second-order valence-electron chi connectivity index (χ2n) is 2.50. The summed E-state index contributed by atoms with van der Waals surface area (Å²) in [5, 5.41) is 10.2. The van der Waals surface area contributed by atoms with Gasteiger partial charge in [-0.05, 0) is 22.9 Å². The number of rotatable bonds is 2. The first-order valence-corrected chi connectivity index (χ1v) is 3.47. The van der Waals surface area contributed by atoms with Crippen LogP contribution in [0.1, 0.15) is 18.5 Å². The maximum absolute atomic E-state index is 10.2. The average Bonchev–Trinajstić information content (AvgIpc) is 2.04. The normalized spacial score (nSPS) is 12.5. The second kappa shape index (κ2) is 3.27. The zero-order chi connectivity index (χ0) is 9.14. The monoisotopic (exact) mass is 167 g/mol. The van der Waals surface area contributed by atoms with Crippen molar-refractivity contribution in [3.63, 3.8) is 0 Å². The van der Waals surface area contributed by atoms with Crippen molar-refractivity contribution in [2.24, 2.45) is 5.73 Å². The quantitative estimate of drug-likeness (QED) is 0.526. The highest BCUT2D eigenvalue weighted by Crippen LogP contribution is 2.11. The Labute approximate surface area is 69.4 Å². The van der Waals surface area contributed by atoms with Crippen LogP contribution >= 0.6 is 0 Å². The van der Waals surface area contributed by atoms with E-state index in [2.05, 4.69) is 4.98 Å². The van der Waals surface area contributed by atoms with E-state index >= 15 is 0 Å². The Balaban J connectivity index is 2.93. The molecule has 0 radical (unpaired) electrons. The van der Waals surface area contributed by atoms with Crippen LogP contribution < -0.4 is 5.73 Å². The van der Waals surface area contributed by atoms with Gasteiger partial charge in [-0.1, -0.05) is 0 Å². The van der Waals surface area contributed by atoms with Crippen LogP contribution in [0, 0.1) is 10.1 Å². The van der Waals surface area contributed by atoms with Crippen molar-refractivity contribution >= 4 is 5.82 Å². The molecule has 64 valence electrons. The van der Waals surface area contributed by atoms with Crippen LogP contribution in [0.25, 0.3) is 0 Å². The number of pyridine rings is 1. The summed E-state index contributed by atoms with van der Waals surface area (Å²) >= 11 is 0. The van der Waals surface area contributed by atoms with Crippen molar-refractivity contribution in [2.75, 3.05) is 0 Å².